The van der Waals surface area contributed by atoms with Crippen LogP contribution in [0.25, 0.3) is 0 Å². The third-order valence-electron chi connectivity index (χ3n) is 6.78. The summed E-state index contributed by atoms with van der Waals surface area (Å²) in [6.07, 6.45) is 4.49. The average Bonchev–Trinajstić information content (AvgIpc) is 2.72. The molecule has 2 aliphatic rings. The molecule has 4 nitrogen and oxygen atoms in total. The van der Waals surface area contributed by atoms with Gasteiger partial charge in [0, 0.05) is 45.7 Å². The lowest BCUT2D eigenvalue weighted by molar-refractivity contribution is 0.0890. The van der Waals surface area contributed by atoms with Gasteiger partial charge in [-0.1, -0.05) is 19.1 Å². The minimum Gasteiger partial charge on any atom is -0.504 e. The molecule has 1 aromatic rings. The molecule has 12 radical (unpaired) electrons. The Balaban J connectivity index is 1.86. The Morgan fingerprint density at radius 1 is 1.09 bits per heavy atom. The molecule has 2 atom stereocenters. The van der Waals surface area contributed by atoms with Crippen molar-refractivity contribution in [3.8, 4) is 11.5 Å². The highest BCUT2D eigenvalue weighted by Crippen LogP contribution is 2.47. The molecule has 33 heavy (non-hydrogen) atoms. The van der Waals surface area contributed by atoms with Gasteiger partial charge < -0.3 is 13.7 Å². The molecule has 0 bridgehead atoms. The van der Waals surface area contributed by atoms with Crippen LogP contribution in [0.15, 0.2) is 12.1 Å². The van der Waals surface area contributed by atoms with E-state index in [1.807, 2.05) is 33.3 Å². The molecule has 12 heteroatoms. The molecule has 0 spiro atoms. The summed E-state index contributed by atoms with van der Waals surface area (Å²) in [4.78, 5) is 2.59. The zero-order valence-electron chi connectivity index (χ0n) is 19.6. The van der Waals surface area contributed by atoms with Crippen molar-refractivity contribution < 1.29 is 13.7 Å². The smallest absolute Gasteiger partial charge is 0.161 e. The van der Waals surface area contributed by atoms with Crippen LogP contribution < -0.4 is 9.47 Å². The maximum absolute atomic E-state index is 6.19. The largest absolute Gasteiger partial charge is 0.504 e. The first kappa shape index (κ1) is 27.8. The first-order chi connectivity index (χ1) is 15.3. The molecular formula is C21H26B6INO3S. The lowest BCUT2D eigenvalue weighted by Crippen LogP contribution is -2.62. The predicted octanol–water partition coefficient (Wildman–Crippen LogP) is 2.88. The minimum atomic E-state index is -2.17. The zero-order chi connectivity index (χ0) is 24.6. The third-order valence-corrected chi connectivity index (χ3v) is 7.66. The molecule has 0 aliphatic carbocycles. The Kier molecular flexibility index (Phi) is 8.99. The minimum absolute atomic E-state index is 0.321. The first-order valence-electron chi connectivity index (χ1n) is 11.2. The lowest BCUT2D eigenvalue weighted by Gasteiger charge is -2.53. The van der Waals surface area contributed by atoms with Gasteiger partial charge in [0.15, 0.2) is 11.5 Å². The summed E-state index contributed by atoms with van der Waals surface area (Å²) in [7, 11) is 39.0. The summed E-state index contributed by atoms with van der Waals surface area (Å²) in [5.74, 6) is 2.27. The van der Waals surface area contributed by atoms with E-state index in [1.165, 1.54) is 18.4 Å². The van der Waals surface area contributed by atoms with Gasteiger partial charge in [0.25, 0.3) is 0 Å². The highest BCUT2D eigenvalue weighted by Gasteiger charge is 2.48. The second-order valence-corrected chi connectivity index (χ2v) is 11.1. The van der Waals surface area contributed by atoms with E-state index in [1.54, 1.807) is 7.11 Å². The van der Waals surface area contributed by atoms with Gasteiger partial charge in [0.2, 0.25) is 0 Å². The van der Waals surface area contributed by atoms with E-state index in [9.17, 15) is 0 Å². The fraction of sp³-hybridized carbons (Fsp3) is 0.714. The van der Waals surface area contributed by atoms with Crippen molar-refractivity contribution in [3.05, 3.63) is 23.3 Å². The summed E-state index contributed by atoms with van der Waals surface area (Å²) in [5, 5.41) is -6.39. The zero-order valence-corrected chi connectivity index (χ0v) is 22.5. The van der Waals surface area contributed by atoms with Crippen molar-refractivity contribution in [1.29, 1.82) is 0 Å². The molecule has 0 saturated carbocycles. The predicted molar refractivity (Wildman–Crippen MR) is 149 cm³/mol. The summed E-state index contributed by atoms with van der Waals surface area (Å²) in [6.45, 7) is 6.71. The number of ether oxygens (including phenoxy) is 2. The molecule has 3 rings (SSSR count). The van der Waals surface area contributed by atoms with Crippen molar-refractivity contribution in [2.75, 3.05) is 20.2 Å². The van der Waals surface area contributed by atoms with Crippen molar-refractivity contribution in [1.82, 2.24) is 4.90 Å². The van der Waals surface area contributed by atoms with Crippen molar-refractivity contribution in [3.63, 3.8) is 0 Å². The van der Waals surface area contributed by atoms with Crippen LogP contribution in [0.2, 0.25) is 5.21 Å². The van der Waals surface area contributed by atoms with Crippen LogP contribution in [0.5, 0.6) is 11.5 Å². The third kappa shape index (κ3) is 5.80. The number of methoxy groups -OCH3 is 1. The van der Waals surface area contributed by atoms with E-state index in [2.05, 4.69) is 18.7 Å². The van der Waals surface area contributed by atoms with E-state index in [-0.39, 0.29) is 0 Å². The molecule has 1 saturated heterocycles. The standard InChI is InChI=1S/C21H26B6INO3S/c1-12(2)8-13-4-5-16-15-10-17(30-3)18(9-14(15)6-7-29(16)11-13)31-20(24,25)19(22,23)21(26,27)32-33-28/h9-10,12-13,16H,4-8,11H2,1-3H3/t13-,16-/m1/s1. The second kappa shape index (κ2) is 10.7. The van der Waals surface area contributed by atoms with Crippen LogP contribution in [-0.2, 0) is 10.6 Å². The van der Waals surface area contributed by atoms with Gasteiger partial charge in [-0.05, 0) is 66.2 Å². The number of hydrogen-bond acceptors (Lipinski definition) is 5. The highest BCUT2D eigenvalue weighted by molar-refractivity contribution is 14.2. The van der Waals surface area contributed by atoms with Crippen LogP contribution >= 0.6 is 30.4 Å². The van der Waals surface area contributed by atoms with E-state index in [0.29, 0.717) is 17.5 Å². The fourth-order valence-electron chi connectivity index (χ4n) is 4.93. The normalized spacial score (nSPS) is 22.0. The maximum Gasteiger partial charge on any atom is 0.161 e. The molecule has 2 aliphatic heterocycles. The molecule has 1 fully saturated rings. The Labute approximate surface area is 223 Å². The van der Waals surface area contributed by atoms with Gasteiger partial charge in [0.05, 0.1) is 47.7 Å². The number of benzene rings is 1. The van der Waals surface area contributed by atoms with E-state index in [4.69, 9.17) is 60.7 Å². The fourth-order valence-corrected chi connectivity index (χ4v) is 6.06. The molecule has 0 unspecified atom stereocenters. The van der Waals surface area contributed by atoms with Crippen molar-refractivity contribution >= 4 is 77.5 Å². The number of halogens is 1. The molecule has 164 valence electrons. The maximum atomic E-state index is 6.19. The molecule has 2 heterocycles. The van der Waals surface area contributed by atoms with E-state index < -0.39 is 16.0 Å². The van der Waals surface area contributed by atoms with Gasteiger partial charge in [0.1, 0.15) is 15.7 Å². The van der Waals surface area contributed by atoms with Crippen LogP contribution in [-0.4, -0.2) is 83.0 Å². The Morgan fingerprint density at radius 3 is 2.39 bits per heavy atom. The Hall–Kier alpha value is 0.210. The van der Waals surface area contributed by atoms with Crippen LogP contribution in [0, 0.1) is 11.8 Å². The quantitative estimate of drug-likeness (QED) is 0.262. The van der Waals surface area contributed by atoms with Gasteiger partial charge >= 0.3 is 0 Å². The van der Waals surface area contributed by atoms with E-state index >= 15 is 0 Å². The lowest BCUT2D eigenvalue weighted by atomic mass is 9.24. The summed E-state index contributed by atoms with van der Waals surface area (Å²) >= 11 is 1.84. The van der Waals surface area contributed by atoms with Crippen LogP contribution in [0.1, 0.15) is 50.3 Å². The summed E-state index contributed by atoms with van der Waals surface area (Å²) < 4.78 is 16.7. The second-order valence-electron chi connectivity index (χ2n) is 9.74. The van der Waals surface area contributed by atoms with E-state index in [0.717, 1.165) is 52.5 Å². The summed E-state index contributed by atoms with van der Waals surface area (Å²) in [6, 6.07) is 4.27. The van der Waals surface area contributed by atoms with Crippen molar-refractivity contribution in [2.45, 2.75) is 61.6 Å². The topological polar surface area (TPSA) is 30.9 Å². The van der Waals surface area contributed by atoms with Crippen LogP contribution in [0.3, 0.4) is 0 Å². The van der Waals surface area contributed by atoms with Crippen molar-refractivity contribution in [2.24, 2.45) is 11.8 Å². The molecular weight excluding hydrogens is 538 g/mol. The number of nitrogens with zero attached hydrogens (tertiary/aromatic N) is 1. The number of hydrogen-bond donors (Lipinski definition) is 0. The number of fused-ring (bicyclic) bond motifs is 3. The highest BCUT2D eigenvalue weighted by atomic mass is 127. The van der Waals surface area contributed by atoms with Gasteiger partial charge in [-0.3, -0.25) is 4.90 Å². The Bertz CT molecular complexity index is 844. The number of rotatable bonds is 9. The molecule has 0 aromatic heterocycles. The van der Waals surface area contributed by atoms with Gasteiger partial charge in [-0.15, -0.1) is 0 Å². The van der Waals surface area contributed by atoms with Crippen LogP contribution in [0.4, 0.5) is 0 Å². The number of piperidine rings is 1. The first-order valence-corrected chi connectivity index (χ1v) is 14.4. The average molecular weight is 564 g/mol. The monoisotopic (exact) mass is 565 g/mol. The Morgan fingerprint density at radius 2 is 1.79 bits per heavy atom. The SMILES string of the molecule is [B]C([B])(OSI)C([B])([B])C([B])([B])Oc1cc2c(cc1OC)[C@H]1CC[C@H](CC(C)C)CN1CC2. The molecule has 1 aromatic carbocycles. The summed E-state index contributed by atoms with van der Waals surface area (Å²) in [5.41, 5.74) is 2.41. The van der Waals surface area contributed by atoms with Gasteiger partial charge in [-0.2, -0.15) is 0 Å². The van der Waals surface area contributed by atoms with Gasteiger partial charge in [-0.25, -0.2) is 0 Å². The molecule has 0 N–H and O–H groups in total. The molecule has 0 amide bonds.